The molecule has 134 valence electrons. The number of para-hydroxylation sites is 1. The van der Waals surface area contributed by atoms with Gasteiger partial charge in [-0.05, 0) is 24.5 Å². The SMILES string of the molecule is CNC(=O)CCc1ccccc1NC(=O)NCCCn1cc(Cl)cn1. The molecule has 0 aliphatic rings. The number of benzene rings is 1. The minimum atomic E-state index is -0.272. The van der Waals surface area contributed by atoms with Crippen LogP contribution in [0.2, 0.25) is 5.02 Å². The molecule has 0 bridgehead atoms. The van der Waals surface area contributed by atoms with Crippen LogP contribution in [-0.2, 0) is 17.8 Å². The summed E-state index contributed by atoms with van der Waals surface area (Å²) in [6.45, 7) is 1.19. The topological polar surface area (TPSA) is 88.0 Å². The Kier molecular flexibility index (Phi) is 7.28. The number of amides is 3. The molecule has 1 aromatic heterocycles. The van der Waals surface area contributed by atoms with E-state index in [1.165, 1.54) is 0 Å². The number of aryl methyl sites for hydroxylation is 2. The van der Waals surface area contributed by atoms with Gasteiger partial charge in [0.05, 0.1) is 11.2 Å². The first-order valence-corrected chi connectivity index (χ1v) is 8.47. The molecule has 0 aliphatic carbocycles. The number of urea groups is 1. The Morgan fingerprint density at radius 3 is 2.80 bits per heavy atom. The van der Waals surface area contributed by atoms with Crippen LogP contribution in [0.15, 0.2) is 36.7 Å². The molecule has 0 fully saturated rings. The number of hydrogen-bond acceptors (Lipinski definition) is 3. The highest BCUT2D eigenvalue weighted by Crippen LogP contribution is 2.16. The van der Waals surface area contributed by atoms with Gasteiger partial charge in [-0.3, -0.25) is 9.48 Å². The number of nitrogens with one attached hydrogen (secondary N) is 3. The standard InChI is InChI=1S/C17H22ClN5O2/c1-19-16(24)8-7-13-5-2-3-6-15(13)22-17(25)20-9-4-10-23-12-14(18)11-21-23/h2-3,5-6,11-12H,4,7-10H2,1H3,(H,19,24)(H2,20,22,25). The van der Waals surface area contributed by atoms with Crippen molar-refractivity contribution >= 4 is 29.2 Å². The van der Waals surface area contributed by atoms with Crippen molar-refractivity contribution in [3.63, 3.8) is 0 Å². The number of carbonyl (C=O) groups excluding carboxylic acids is 2. The molecule has 0 spiro atoms. The highest BCUT2D eigenvalue weighted by Gasteiger charge is 2.07. The maximum atomic E-state index is 12.0. The Labute approximate surface area is 151 Å². The Balaban J connectivity index is 1.76. The summed E-state index contributed by atoms with van der Waals surface area (Å²) in [6.07, 6.45) is 5.00. The lowest BCUT2D eigenvalue weighted by Gasteiger charge is -2.12. The van der Waals surface area contributed by atoms with Gasteiger partial charge in [0.1, 0.15) is 0 Å². The highest BCUT2D eigenvalue weighted by atomic mass is 35.5. The van der Waals surface area contributed by atoms with Crippen molar-refractivity contribution in [2.24, 2.45) is 0 Å². The zero-order valence-electron chi connectivity index (χ0n) is 14.1. The average Bonchev–Trinajstić information content (AvgIpc) is 3.03. The summed E-state index contributed by atoms with van der Waals surface area (Å²) < 4.78 is 1.73. The first-order valence-electron chi connectivity index (χ1n) is 8.10. The molecule has 25 heavy (non-hydrogen) atoms. The number of halogens is 1. The molecule has 8 heteroatoms. The van der Waals surface area contributed by atoms with Crippen molar-refractivity contribution < 1.29 is 9.59 Å². The molecule has 7 nitrogen and oxygen atoms in total. The third kappa shape index (κ3) is 6.46. The molecule has 2 rings (SSSR count). The molecular weight excluding hydrogens is 342 g/mol. The number of aromatic nitrogens is 2. The van der Waals surface area contributed by atoms with E-state index in [0.717, 1.165) is 12.0 Å². The molecule has 0 saturated carbocycles. The number of hydrogen-bond donors (Lipinski definition) is 3. The number of anilines is 1. The van der Waals surface area contributed by atoms with Crippen LogP contribution in [0.5, 0.6) is 0 Å². The predicted molar refractivity (Wildman–Crippen MR) is 97.7 cm³/mol. The van der Waals surface area contributed by atoms with Crippen molar-refractivity contribution in [1.29, 1.82) is 0 Å². The van der Waals surface area contributed by atoms with Crippen LogP contribution in [0.4, 0.5) is 10.5 Å². The van der Waals surface area contributed by atoms with E-state index in [4.69, 9.17) is 11.6 Å². The lowest BCUT2D eigenvalue weighted by Crippen LogP contribution is -2.30. The van der Waals surface area contributed by atoms with E-state index in [1.807, 2.05) is 24.3 Å². The predicted octanol–water partition coefficient (Wildman–Crippen LogP) is 2.43. The summed E-state index contributed by atoms with van der Waals surface area (Å²) in [5.41, 5.74) is 1.63. The Hall–Kier alpha value is -2.54. The summed E-state index contributed by atoms with van der Waals surface area (Å²) >= 11 is 5.80. The van der Waals surface area contributed by atoms with E-state index < -0.39 is 0 Å². The molecule has 0 aliphatic heterocycles. The van der Waals surface area contributed by atoms with Gasteiger partial charge in [-0.2, -0.15) is 5.10 Å². The second-order valence-electron chi connectivity index (χ2n) is 5.49. The molecular formula is C17H22ClN5O2. The van der Waals surface area contributed by atoms with Gasteiger partial charge >= 0.3 is 6.03 Å². The van der Waals surface area contributed by atoms with Gasteiger partial charge < -0.3 is 16.0 Å². The fraction of sp³-hybridized carbons (Fsp3) is 0.353. The summed E-state index contributed by atoms with van der Waals surface area (Å²) in [6, 6.07) is 7.19. The van der Waals surface area contributed by atoms with Gasteiger partial charge in [-0.15, -0.1) is 0 Å². The molecule has 2 aromatic rings. The van der Waals surface area contributed by atoms with Crippen molar-refractivity contribution in [1.82, 2.24) is 20.4 Å². The van der Waals surface area contributed by atoms with Crippen LogP contribution in [0.1, 0.15) is 18.4 Å². The van der Waals surface area contributed by atoms with E-state index in [-0.39, 0.29) is 11.9 Å². The van der Waals surface area contributed by atoms with Gasteiger partial charge in [0, 0.05) is 38.4 Å². The minimum Gasteiger partial charge on any atom is -0.359 e. The summed E-state index contributed by atoms with van der Waals surface area (Å²) in [5.74, 6) is -0.0296. The smallest absolute Gasteiger partial charge is 0.319 e. The van der Waals surface area contributed by atoms with E-state index in [1.54, 1.807) is 24.1 Å². The molecule has 0 unspecified atom stereocenters. The second kappa shape index (κ2) is 9.68. The molecule has 3 amide bonds. The Morgan fingerprint density at radius 2 is 2.08 bits per heavy atom. The molecule has 3 N–H and O–H groups in total. The monoisotopic (exact) mass is 363 g/mol. The van der Waals surface area contributed by atoms with E-state index in [2.05, 4.69) is 21.0 Å². The molecule has 0 atom stereocenters. The van der Waals surface area contributed by atoms with Gasteiger partial charge in [-0.1, -0.05) is 29.8 Å². The van der Waals surface area contributed by atoms with Gasteiger partial charge in [-0.25, -0.2) is 4.79 Å². The fourth-order valence-electron chi connectivity index (χ4n) is 2.30. The van der Waals surface area contributed by atoms with E-state index in [9.17, 15) is 9.59 Å². The zero-order chi connectivity index (χ0) is 18.1. The van der Waals surface area contributed by atoms with Crippen LogP contribution in [0.25, 0.3) is 0 Å². The lowest BCUT2D eigenvalue weighted by atomic mass is 10.1. The van der Waals surface area contributed by atoms with Gasteiger partial charge in [0.25, 0.3) is 0 Å². The largest absolute Gasteiger partial charge is 0.359 e. The highest BCUT2D eigenvalue weighted by molar-refractivity contribution is 6.30. The normalized spacial score (nSPS) is 10.3. The van der Waals surface area contributed by atoms with Crippen LogP contribution >= 0.6 is 11.6 Å². The average molecular weight is 364 g/mol. The maximum Gasteiger partial charge on any atom is 0.319 e. The fourth-order valence-corrected chi connectivity index (χ4v) is 2.46. The summed E-state index contributed by atoms with van der Waals surface area (Å²) in [7, 11) is 1.61. The van der Waals surface area contributed by atoms with Crippen molar-refractivity contribution in [2.45, 2.75) is 25.8 Å². The van der Waals surface area contributed by atoms with Crippen LogP contribution in [0.3, 0.4) is 0 Å². The van der Waals surface area contributed by atoms with Crippen molar-refractivity contribution in [3.8, 4) is 0 Å². The second-order valence-corrected chi connectivity index (χ2v) is 5.92. The molecule has 1 aromatic carbocycles. The van der Waals surface area contributed by atoms with Crippen molar-refractivity contribution in [2.75, 3.05) is 18.9 Å². The minimum absolute atomic E-state index is 0.0296. The van der Waals surface area contributed by atoms with Crippen LogP contribution < -0.4 is 16.0 Å². The van der Waals surface area contributed by atoms with Crippen LogP contribution in [0, 0.1) is 0 Å². The first kappa shape index (κ1) is 18.8. The quantitative estimate of drug-likeness (QED) is 0.629. The maximum absolute atomic E-state index is 12.0. The Bertz CT molecular complexity index is 717. The summed E-state index contributed by atoms with van der Waals surface area (Å²) in [4.78, 5) is 23.4. The lowest BCUT2D eigenvalue weighted by molar-refractivity contribution is -0.120. The van der Waals surface area contributed by atoms with E-state index >= 15 is 0 Å². The third-order valence-corrected chi connectivity index (χ3v) is 3.81. The molecule has 0 saturated heterocycles. The number of carbonyl (C=O) groups is 2. The summed E-state index contributed by atoms with van der Waals surface area (Å²) in [5, 5.41) is 12.9. The molecule has 0 radical (unpaired) electrons. The number of nitrogens with zero attached hydrogens (tertiary/aromatic N) is 2. The first-order chi connectivity index (χ1) is 12.1. The number of rotatable bonds is 8. The van der Waals surface area contributed by atoms with Gasteiger partial charge in [0.15, 0.2) is 0 Å². The zero-order valence-corrected chi connectivity index (χ0v) is 14.8. The third-order valence-electron chi connectivity index (χ3n) is 3.62. The van der Waals surface area contributed by atoms with Gasteiger partial charge in [0.2, 0.25) is 5.91 Å². The molecule has 1 heterocycles. The van der Waals surface area contributed by atoms with Crippen molar-refractivity contribution in [3.05, 3.63) is 47.2 Å². The van der Waals surface area contributed by atoms with Crippen LogP contribution in [-0.4, -0.2) is 35.3 Å². The Morgan fingerprint density at radius 1 is 1.28 bits per heavy atom. The van der Waals surface area contributed by atoms with E-state index in [0.29, 0.717) is 36.6 Å².